The number of methoxy groups -OCH3 is 1. The van der Waals surface area contributed by atoms with Crippen molar-refractivity contribution in [1.29, 1.82) is 0 Å². The van der Waals surface area contributed by atoms with Gasteiger partial charge < -0.3 is 9.84 Å². The Morgan fingerprint density at radius 2 is 2.29 bits per heavy atom. The third-order valence-corrected chi connectivity index (χ3v) is 2.85. The molecule has 0 aromatic heterocycles. The highest BCUT2D eigenvalue weighted by molar-refractivity contribution is 7.85. The molecule has 0 saturated heterocycles. The van der Waals surface area contributed by atoms with Gasteiger partial charge in [-0.2, -0.15) is 0 Å². The second-order valence-electron chi connectivity index (χ2n) is 2.56. The summed E-state index contributed by atoms with van der Waals surface area (Å²) in [6, 6.07) is 6.57. The minimum absolute atomic E-state index is 0.382. The molecule has 14 heavy (non-hydrogen) atoms. The first-order valence-corrected chi connectivity index (χ1v) is 5.19. The summed E-state index contributed by atoms with van der Waals surface area (Å²) >= 11 is 0. The molecule has 0 saturated carbocycles. The molecule has 1 aromatic carbocycles. The molecule has 0 aliphatic rings. The Labute approximate surface area is 84.0 Å². The van der Waals surface area contributed by atoms with Gasteiger partial charge in [0.1, 0.15) is 11.5 Å². The summed E-state index contributed by atoms with van der Waals surface area (Å²) in [5, 5.41) is 8.45. The van der Waals surface area contributed by atoms with E-state index in [4.69, 9.17) is 9.84 Å². The van der Waals surface area contributed by atoms with Crippen LogP contribution in [0.1, 0.15) is 0 Å². The second-order valence-corrected chi connectivity index (χ2v) is 4.01. The number of ether oxygens (including phenoxy) is 1. The largest absolute Gasteiger partial charge is 0.497 e. The molecule has 0 aliphatic heterocycles. The molecular weight excluding hydrogens is 204 g/mol. The monoisotopic (exact) mass is 214 g/mol. The Hall–Kier alpha value is -1.36. The Morgan fingerprint density at radius 1 is 1.57 bits per heavy atom. The summed E-state index contributed by atoms with van der Waals surface area (Å²) in [7, 11) is -0.00570. The van der Waals surface area contributed by atoms with Crippen LogP contribution in [0.25, 0.3) is 0 Å². The number of carboxylic acid groups (broad SMARTS) is 1. The Balaban J connectivity index is 2.84. The van der Waals surface area contributed by atoms with Crippen LogP contribution in [0.5, 0.6) is 5.75 Å². The fourth-order valence-corrected chi connectivity index (χ4v) is 1.81. The Morgan fingerprint density at radius 3 is 2.86 bits per heavy atom. The highest BCUT2D eigenvalue weighted by Gasteiger charge is 2.08. The van der Waals surface area contributed by atoms with Crippen molar-refractivity contribution in [2.75, 3.05) is 12.9 Å². The molecule has 0 bridgehead atoms. The first-order valence-electron chi connectivity index (χ1n) is 3.87. The van der Waals surface area contributed by atoms with Gasteiger partial charge >= 0.3 is 5.97 Å². The van der Waals surface area contributed by atoms with Crippen molar-refractivity contribution in [3.05, 3.63) is 24.3 Å². The standard InChI is InChI=1S/C9H10O4S/c1-13-7-3-2-4-8(5-7)14(12)6-9(10)11/h2-5H,6H2,1H3,(H,10,11). The van der Waals surface area contributed by atoms with Crippen molar-refractivity contribution in [3.63, 3.8) is 0 Å². The van der Waals surface area contributed by atoms with E-state index in [0.717, 1.165) is 0 Å². The molecule has 76 valence electrons. The number of carboxylic acids is 1. The molecule has 1 N–H and O–H groups in total. The van der Waals surface area contributed by atoms with E-state index < -0.39 is 16.8 Å². The molecule has 0 radical (unpaired) electrons. The molecule has 0 amide bonds. The van der Waals surface area contributed by atoms with Gasteiger partial charge in [-0.25, -0.2) is 0 Å². The molecule has 0 fully saturated rings. The maximum atomic E-state index is 11.4. The molecule has 0 spiro atoms. The second kappa shape index (κ2) is 4.76. The normalized spacial score (nSPS) is 12.1. The van der Waals surface area contributed by atoms with Gasteiger partial charge in [-0.3, -0.25) is 9.00 Å². The highest BCUT2D eigenvalue weighted by atomic mass is 32.2. The Kier molecular flexibility index (Phi) is 3.64. The van der Waals surface area contributed by atoms with Crippen LogP contribution in [0, 0.1) is 0 Å². The zero-order valence-corrected chi connectivity index (χ0v) is 8.41. The lowest BCUT2D eigenvalue weighted by Gasteiger charge is -2.02. The van der Waals surface area contributed by atoms with Crippen LogP contribution in [0.4, 0.5) is 0 Å². The number of carbonyl (C=O) groups is 1. The maximum absolute atomic E-state index is 11.4. The van der Waals surface area contributed by atoms with Crippen molar-refractivity contribution >= 4 is 16.8 Å². The molecule has 1 unspecified atom stereocenters. The van der Waals surface area contributed by atoms with Crippen LogP contribution in [0.15, 0.2) is 29.2 Å². The maximum Gasteiger partial charge on any atom is 0.316 e. The fourth-order valence-electron chi connectivity index (χ4n) is 0.938. The van der Waals surface area contributed by atoms with Crippen molar-refractivity contribution in [2.24, 2.45) is 0 Å². The first kappa shape index (κ1) is 10.7. The lowest BCUT2D eigenvalue weighted by molar-refractivity contribution is -0.133. The van der Waals surface area contributed by atoms with E-state index in [-0.39, 0.29) is 5.75 Å². The predicted octanol–water partition coefficient (Wildman–Crippen LogP) is 0.887. The van der Waals surface area contributed by atoms with Crippen LogP contribution >= 0.6 is 0 Å². The summed E-state index contributed by atoms with van der Waals surface area (Å²) < 4.78 is 16.3. The van der Waals surface area contributed by atoms with Crippen LogP contribution in [0.2, 0.25) is 0 Å². The van der Waals surface area contributed by atoms with E-state index in [2.05, 4.69) is 0 Å². The first-order chi connectivity index (χ1) is 6.63. The number of hydrogen-bond acceptors (Lipinski definition) is 3. The highest BCUT2D eigenvalue weighted by Crippen LogP contribution is 2.15. The third-order valence-electron chi connectivity index (χ3n) is 1.56. The van der Waals surface area contributed by atoms with E-state index in [1.54, 1.807) is 24.3 Å². The quantitative estimate of drug-likeness (QED) is 0.808. The van der Waals surface area contributed by atoms with Crippen LogP contribution in [0.3, 0.4) is 0 Å². The number of benzene rings is 1. The summed E-state index contributed by atoms with van der Waals surface area (Å²) in [5.41, 5.74) is 0. The smallest absolute Gasteiger partial charge is 0.316 e. The average Bonchev–Trinajstić information content (AvgIpc) is 2.17. The minimum atomic E-state index is -1.50. The lowest BCUT2D eigenvalue weighted by Crippen LogP contribution is -2.09. The molecule has 0 heterocycles. The van der Waals surface area contributed by atoms with Gasteiger partial charge in [0.05, 0.1) is 17.9 Å². The van der Waals surface area contributed by atoms with E-state index in [1.165, 1.54) is 7.11 Å². The molecule has 1 aromatic rings. The van der Waals surface area contributed by atoms with E-state index in [0.29, 0.717) is 10.6 Å². The molecule has 5 heteroatoms. The molecule has 1 atom stereocenters. The van der Waals surface area contributed by atoms with E-state index >= 15 is 0 Å². The van der Waals surface area contributed by atoms with Gasteiger partial charge in [-0.05, 0) is 18.2 Å². The van der Waals surface area contributed by atoms with Crippen LogP contribution < -0.4 is 4.74 Å². The summed E-state index contributed by atoms with van der Waals surface area (Å²) in [6.45, 7) is 0. The zero-order valence-electron chi connectivity index (χ0n) is 7.60. The summed E-state index contributed by atoms with van der Waals surface area (Å²) in [5.74, 6) is -0.889. The fraction of sp³-hybridized carbons (Fsp3) is 0.222. The lowest BCUT2D eigenvalue weighted by atomic mass is 10.3. The minimum Gasteiger partial charge on any atom is -0.497 e. The summed E-state index contributed by atoms with van der Waals surface area (Å²) in [4.78, 5) is 10.8. The van der Waals surface area contributed by atoms with Gasteiger partial charge in [0.25, 0.3) is 0 Å². The topological polar surface area (TPSA) is 63.6 Å². The van der Waals surface area contributed by atoms with E-state index in [9.17, 15) is 9.00 Å². The predicted molar refractivity (Wildman–Crippen MR) is 51.9 cm³/mol. The van der Waals surface area contributed by atoms with Gasteiger partial charge in [-0.15, -0.1) is 0 Å². The van der Waals surface area contributed by atoms with Gasteiger partial charge in [0.15, 0.2) is 0 Å². The van der Waals surface area contributed by atoms with Crippen LogP contribution in [-0.2, 0) is 15.6 Å². The summed E-state index contributed by atoms with van der Waals surface area (Å²) in [6.07, 6.45) is 0. The number of rotatable bonds is 4. The molecule has 0 aliphatic carbocycles. The van der Waals surface area contributed by atoms with Gasteiger partial charge in [0, 0.05) is 4.90 Å². The number of aliphatic carboxylic acids is 1. The van der Waals surface area contributed by atoms with Crippen molar-refractivity contribution < 1.29 is 18.8 Å². The van der Waals surface area contributed by atoms with Crippen molar-refractivity contribution in [3.8, 4) is 5.75 Å². The molecule has 1 rings (SSSR count). The Bertz CT molecular complexity index is 362. The zero-order chi connectivity index (χ0) is 10.6. The van der Waals surface area contributed by atoms with Crippen molar-refractivity contribution in [2.45, 2.75) is 4.90 Å². The molecule has 4 nitrogen and oxygen atoms in total. The molecular formula is C9H10O4S. The van der Waals surface area contributed by atoms with Crippen LogP contribution in [-0.4, -0.2) is 28.1 Å². The van der Waals surface area contributed by atoms with E-state index in [1.807, 2.05) is 0 Å². The number of hydrogen-bond donors (Lipinski definition) is 1. The van der Waals surface area contributed by atoms with Crippen molar-refractivity contribution in [1.82, 2.24) is 0 Å². The SMILES string of the molecule is COc1cccc(S(=O)CC(=O)O)c1. The van der Waals surface area contributed by atoms with Gasteiger partial charge in [-0.1, -0.05) is 6.07 Å². The van der Waals surface area contributed by atoms with Gasteiger partial charge in [0.2, 0.25) is 0 Å². The third kappa shape index (κ3) is 2.85. The average molecular weight is 214 g/mol.